The average molecular weight is 588 g/mol. The van der Waals surface area contributed by atoms with Crippen molar-refractivity contribution in [3.8, 4) is 17.4 Å². The zero-order valence-corrected chi connectivity index (χ0v) is 21.8. The number of hydrogen-bond acceptors (Lipinski definition) is 7. The Morgan fingerprint density at radius 1 is 0.975 bits per heavy atom. The molecule has 0 bridgehead atoms. The lowest BCUT2D eigenvalue weighted by atomic mass is 10.0. The van der Waals surface area contributed by atoms with Crippen molar-refractivity contribution in [1.29, 1.82) is 0 Å². The molecule has 0 spiro atoms. The fourth-order valence-corrected chi connectivity index (χ4v) is 2.99. The maximum Gasteiger partial charge on any atom is 0.490 e. The Labute approximate surface area is 229 Å². The number of methoxy groups -OCH3 is 1. The third kappa shape index (κ3) is 8.83. The summed E-state index contributed by atoms with van der Waals surface area (Å²) in [5.41, 5.74) is -0.594. The number of ether oxygens (including phenoxy) is 3. The third-order valence-electron chi connectivity index (χ3n) is 4.95. The number of carbonyl (C=O) groups is 3. The number of aromatic nitrogens is 1. The Bertz CT molecular complexity index is 1380. The van der Waals surface area contributed by atoms with E-state index in [1.165, 1.54) is 69.6 Å². The first kappa shape index (κ1) is 31.8. The molecule has 0 aliphatic rings. The monoisotopic (exact) mass is 587 g/mol. The molecule has 40 heavy (non-hydrogen) atoms. The van der Waals surface area contributed by atoms with E-state index < -0.39 is 35.3 Å². The molecule has 0 atom stereocenters. The molecule has 1 heterocycles. The third-order valence-corrected chi connectivity index (χ3v) is 5.30. The fraction of sp³-hybridized carbons (Fsp3) is 0.231. The van der Waals surface area contributed by atoms with E-state index in [1.807, 2.05) is 0 Å². The number of carboxylic acid groups (broad SMARTS) is 2. The van der Waals surface area contributed by atoms with Crippen LogP contribution in [0.3, 0.4) is 0 Å². The molecule has 1 aromatic heterocycles. The number of halogens is 5. The van der Waals surface area contributed by atoms with Gasteiger partial charge in [-0.05, 0) is 44.2 Å². The Morgan fingerprint density at radius 2 is 1.62 bits per heavy atom. The summed E-state index contributed by atoms with van der Waals surface area (Å²) in [6.45, 7) is 2.83. The maximum atomic E-state index is 13.2. The Hall–Kier alpha value is -4.39. The second-order valence-corrected chi connectivity index (χ2v) is 8.73. The Kier molecular flexibility index (Phi) is 10.4. The highest BCUT2D eigenvalue weighted by Gasteiger charge is 2.38. The second kappa shape index (κ2) is 13.1. The number of hydrogen-bond donors (Lipinski definition) is 2. The minimum atomic E-state index is -5.08. The van der Waals surface area contributed by atoms with E-state index in [1.54, 1.807) is 6.07 Å². The van der Waals surface area contributed by atoms with E-state index in [-0.39, 0.29) is 34.4 Å². The van der Waals surface area contributed by atoms with E-state index in [0.717, 1.165) is 0 Å². The molecule has 0 saturated carbocycles. The van der Waals surface area contributed by atoms with Crippen LogP contribution in [0.5, 0.6) is 17.4 Å². The highest BCUT2D eigenvalue weighted by atomic mass is 35.5. The van der Waals surface area contributed by atoms with E-state index in [4.69, 9.17) is 35.7 Å². The van der Waals surface area contributed by atoms with Crippen molar-refractivity contribution in [3.63, 3.8) is 0 Å². The molecule has 2 aromatic carbocycles. The Balaban J connectivity index is 0.000000708. The van der Waals surface area contributed by atoms with E-state index >= 15 is 0 Å². The summed E-state index contributed by atoms with van der Waals surface area (Å²) in [6.07, 6.45) is -3.75. The van der Waals surface area contributed by atoms with Gasteiger partial charge in [-0.15, -0.1) is 0 Å². The van der Waals surface area contributed by atoms with Gasteiger partial charge in [0.05, 0.1) is 17.7 Å². The van der Waals surface area contributed by atoms with E-state index in [2.05, 4.69) is 4.98 Å². The summed E-state index contributed by atoms with van der Waals surface area (Å²) in [7, 11) is 1.45. The number of carbonyl (C=O) groups excluding carboxylic acids is 1. The van der Waals surface area contributed by atoms with Gasteiger partial charge in [0, 0.05) is 29.5 Å². The fourth-order valence-electron chi connectivity index (χ4n) is 2.77. The zero-order chi connectivity index (χ0) is 30.3. The smallest absolute Gasteiger partial charge is 0.490 e. The van der Waals surface area contributed by atoms with Crippen LogP contribution in [0.4, 0.5) is 17.6 Å². The number of nitrogens with zero attached hydrogens (tertiary/aromatic N) is 1. The zero-order valence-electron chi connectivity index (χ0n) is 21.1. The molecular weight excluding hydrogens is 566 g/mol. The maximum absolute atomic E-state index is 13.2. The van der Waals surface area contributed by atoms with E-state index in [0.29, 0.717) is 11.3 Å². The van der Waals surface area contributed by atoms with Crippen molar-refractivity contribution in [3.05, 3.63) is 82.3 Å². The molecule has 9 nitrogen and oxygen atoms in total. The molecule has 214 valence electrons. The standard InChI is InChI=1S/C24H21ClFNO6.C2HF3O2/c1-24(2,23(29)30)33-20-11-17(31-3)7-8-18(20)22(28)14-5-9-21(27-12-14)32-13-15-4-6-16(26)10-19(15)25;3-2(4,5)1(6)7/h4-12H,13H2,1-3H3,(H,29,30);(H,6,7). The van der Waals surface area contributed by atoms with Gasteiger partial charge in [0.1, 0.15) is 23.9 Å². The lowest BCUT2D eigenvalue weighted by Gasteiger charge is -2.23. The molecule has 0 aliphatic carbocycles. The van der Waals surface area contributed by atoms with Crippen LogP contribution in [0.25, 0.3) is 0 Å². The largest absolute Gasteiger partial charge is 0.497 e. The van der Waals surface area contributed by atoms with Crippen molar-refractivity contribution in [1.82, 2.24) is 4.98 Å². The number of benzene rings is 2. The second-order valence-electron chi connectivity index (χ2n) is 8.32. The predicted molar refractivity (Wildman–Crippen MR) is 132 cm³/mol. The highest BCUT2D eigenvalue weighted by Crippen LogP contribution is 2.30. The van der Waals surface area contributed by atoms with Crippen LogP contribution in [0.2, 0.25) is 5.02 Å². The summed E-state index contributed by atoms with van der Waals surface area (Å²) in [6, 6.07) is 11.5. The van der Waals surface area contributed by atoms with Gasteiger partial charge in [-0.3, -0.25) is 4.79 Å². The SMILES string of the molecule is COc1ccc(C(=O)c2ccc(OCc3ccc(F)cc3Cl)nc2)c(OC(C)(C)C(=O)O)c1.O=C(O)C(F)(F)F. The summed E-state index contributed by atoms with van der Waals surface area (Å²) < 4.78 is 61.2. The van der Waals surface area contributed by atoms with Crippen LogP contribution >= 0.6 is 11.6 Å². The molecular formula is C26H22ClF4NO8. The highest BCUT2D eigenvalue weighted by molar-refractivity contribution is 6.31. The van der Waals surface area contributed by atoms with Gasteiger partial charge in [-0.25, -0.2) is 19.0 Å². The molecule has 0 unspecified atom stereocenters. The van der Waals surface area contributed by atoms with Crippen LogP contribution in [-0.4, -0.2) is 51.8 Å². The quantitative estimate of drug-likeness (QED) is 0.244. The number of pyridine rings is 1. The first-order chi connectivity index (χ1) is 18.5. The van der Waals surface area contributed by atoms with Gasteiger partial charge in [0.15, 0.2) is 11.4 Å². The summed E-state index contributed by atoms with van der Waals surface area (Å²) >= 11 is 5.99. The molecule has 3 rings (SSSR count). The normalized spacial score (nSPS) is 11.1. The van der Waals surface area contributed by atoms with Crippen LogP contribution in [0.1, 0.15) is 35.3 Å². The van der Waals surface area contributed by atoms with Gasteiger partial charge >= 0.3 is 18.1 Å². The van der Waals surface area contributed by atoms with Gasteiger partial charge in [0.25, 0.3) is 0 Å². The van der Waals surface area contributed by atoms with Crippen molar-refractivity contribution in [2.75, 3.05) is 7.11 Å². The molecule has 0 radical (unpaired) electrons. The molecule has 2 N–H and O–H groups in total. The van der Waals surface area contributed by atoms with Crippen LogP contribution in [0.15, 0.2) is 54.7 Å². The number of ketones is 1. The molecule has 0 amide bonds. The van der Waals surface area contributed by atoms with Crippen molar-refractivity contribution >= 4 is 29.3 Å². The number of aliphatic carboxylic acids is 2. The number of rotatable bonds is 9. The lowest BCUT2D eigenvalue weighted by molar-refractivity contribution is -0.192. The molecule has 14 heteroatoms. The predicted octanol–water partition coefficient (Wildman–Crippen LogP) is 5.57. The summed E-state index contributed by atoms with van der Waals surface area (Å²) in [5.74, 6) is -4.10. The van der Waals surface area contributed by atoms with Crippen molar-refractivity contribution < 1.29 is 56.4 Å². The topological polar surface area (TPSA) is 132 Å². The lowest BCUT2D eigenvalue weighted by Crippen LogP contribution is -2.38. The first-order valence-electron chi connectivity index (χ1n) is 11.0. The van der Waals surface area contributed by atoms with Gasteiger partial charge < -0.3 is 24.4 Å². The summed E-state index contributed by atoms with van der Waals surface area (Å²) in [5, 5.41) is 16.7. The van der Waals surface area contributed by atoms with Crippen LogP contribution in [0, 0.1) is 5.82 Å². The van der Waals surface area contributed by atoms with E-state index in [9.17, 15) is 32.3 Å². The number of alkyl halides is 3. The molecule has 0 fully saturated rings. The minimum absolute atomic E-state index is 0.0676. The average Bonchev–Trinajstić information content (AvgIpc) is 2.87. The van der Waals surface area contributed by atoms with Gasteiger partial charge in [0.2, 0.25) is 5.88 Å². The van der Waals surface area contributed by atoms with Gasteiger partial charge in [-0.2, -0.15) is 13.2 Å². The van der Waals surface area contributed by atoms with Crippen LogP contribution < -0.4 is 14.2 Å². The molecule has 0 aliphatic heterocycles. The first-order valence-corrected chi connectivity index (χ1v) is 11.4. The van der Waals surface area contributed by atoms with Gasteiger partial charge in [-0.1, -0.05) is 17.7 Å². The van der Waals surface area contributed by atoms with Crippen molar-refractivity contribution in [2.24, 2.45) is 0 Å². The number of carboxylic acids is 2. The molecule has 3 aromatic rings. The van der Waals surface area contributed by atoms with Crippen molar-refractivity contribution in [2.45, 2.75) is 32.2 Å². The Morgan fingerprint density at radius 3 is 2.12 bits per heavy atom. The van der Waals surface area contributed by atoms with Crippen LogP contribution in [-0.2, 0) is 16.2 Å². The molecule has 0 saturated heterocycles. The summed E-state index contributed by atoms with van der Waals surface area (Å²) in [4.78, 5) is 37.6. The minimum Gasteiger partial charge on any atom is -0.497 e.